The van der Waals surface area contributed by atoms with Crippen LogP contribution in [0.5, 0.6) is 5.88 Å². The number of fused-ring (bicyclic) bond motifs is 1. The van der Waals surface area contributed by atoms with Crippen LogP contribution in [-0.4, -0.2) is 56.2 Å². The molecule has 1 fully saturated rings. The van der Waals surface area contributed by atoms with Gasteiger partial charge in [-0.1, -0.05) is 41.9 Å². The summed E-state index contributed by atoms with van der Waals surface area (Å²) in [5, 5.41) is 12.6. The Bertz CT molecular complexity index is 1990. The molecule has 1 amide bonds. The number of aryl methyl sites for hydroxylation is 2. The number of benzene rings is 2. The number of carbonyl (C=O) groups is 2. The van der Waals surface area contributed by atoms with Gasteiger partial charge in [0.1, 0.15) is 5.56 Å². The number of aliphatic carboxylic acids is 1. The monoisotopic (exact) mass is 629 g/mol. The maximum atomic E-state index is 13.1. The van der Waals surface area contributed by atoms with Crippen LogP contribution in [-0.2, 0) is 25.3 Å². The van der Waals surface area contributed by atoms with Crippen molar-refractivity contribution < 1.29 is 19.4 Å². The molecule has 3 heterocycles. The number of carbonyl (C=O) groups excluding carboxylic acids is 1. The number of hydrogen-bond acceptors (Lipinski definition) is 7. The molecule has 45 heavy (non-hydrogen) atoms. The first kappa shape index (κ1) is 30.3. The summed E-state index contributed by atoms with van der Waals surface area (Å²) in [5.74, 6) is -1.23. The van der Waals surface area contributed by atoms with Crippen molar-refractivity contribution in [2.45, 2.75) is 25.8 Å². The van der Waals surface area contributed by atoms with Gasteiger partial charge >= 0.3 is 11.7 Å². The lowest BCUT2D eigenvalue weighted by atomic mass is 9.94. The lowest BCUT2D eigenvalue weighted by Gasteiger charge is -2.41. The Hall–Kier alpha value is -4.74. The summed E-state index contributed by atoms with van der Waals surface area (Å²) < 4.78 is 7.84. The number of likely N-dealkylation sites (tertiary alicyclic amines) is 1. The molecule has 2 aliphatic rings. The number of amides is 1. The molecule has 0 bridgehead atoms. The molecule has 0 radical (unpaired) electrons. The zero-order valence-corrected chi connectivity index (χ0v) is 26.0. The van der Waals surface area contributed by atoms with E-state index in [1.54, 1.807) is 19.2 Å². The van der Waals surface area contributed by atoms with E-state index in [0.29, 0.717) is 35.4 Å². The largest absolute Gasteiger partial charge is 0.481 e. The normalized spacial score (nSPS) is 16.2. The Balaban J connectivity index is 1.32. The van der Waals surface area contributed by atoms with Crippen LogP contribution in [0.1, 0.15) is 39.5 Å². The van der Waals surface area contributed by atoms with Crippen molar-refractivity contribution in [3.63, 3.8) is 0 Å². The van der Waals surface area contributed by atoms with E-state index in [4.69, 9.17) is 21.3 Å². The maximum Gasteiger partial charge on any atom is 0.330 e. The molecule has 2 aromatic carbocycles. The van der Waals surface area contributed by atoms with Gasteiger partial charge in [0.05, 0.1) is 23.7 Å². The van der Waals surface area contributed by atoms with E-state index in [0.717, 1.165) is 50.8 Å². The van der Waals surface area contributed by atoms with Crippen LogP contribution < -0.4 is 21.3 Å². The third kappa shape index (κ3) is 5.21. The summed E-state index contributed by atoms with van der Waals surface area (Å²) in [6.45, 7) is 2.88. The van der Waals surface area contributed by atoms with Crippen molar-refractivity contribution in [1.82, 2.24) is 19.0 Å². The number of hydrogen-bond donors (Lipinski definition) is 2. The topological polar surface area (TPSA) is 136 Å². The van der Waals surface area contributed by atoms with Gasteiger partial charge in [-0.25, -0.2) is 9.78 Å². The Morgan fingerprint density at radius 3 is 2.47 bits per heavy atom. The second-order valence-corrected chi connectivity index (χ2v) is 11.9. The Morgan fingerprint density at radius 1 is 1.07 bits per heavy atom. The van der Waals surface area contributed by atoms with Crippen LogP contribution in [0, 0.1) is 12.8 Å². The minimum Gasteiger partial charge on any atom is -0.481 e. The zero-order valence-electron chi connectivity index (χ0n) is 25.3. The maximum absolute atomic E-state index is 13.1. The number of nitrogens with zero attached hydrogens (tertiary/aromatic N) is 4. The van der Waals surface area contributed by atoms with Gasteiger partial charge in [0.15, 0.2) is 0 Å². The molecule has 1 unspecified atom stereocenters. The van der Waals surface area contributed by atoms with Crippen molar-refractivity contribution >= 4 is 29.2 Å². The molecule has 2 aromatic heterocycles. The van der Waals surface area contributed by atoms with Crippen LogP contribution in [0.15, 0.2) is 58.3 Å². The van der Waals surface area contributed by atoms with Crippen molar-refractivity contribution in [2.24, 2.45) is 20.0 Å². The van der Waals surface area contributed by atoms with Gasteiger partial charge in [-0.05, 0) is 48.6 Å². The minimum atomic E-state index is -0.766. The van der Waals surface area contributed by atoms with Gasteiger partial charge in [-0.15, -0.1) is 0 Å². The smallest absolute Gasteiger partial charge is 0.330 e. The number of anilines is 1. The highest BCUT2D eigenvalue weighted by Gasteiger charge is 2.41. The van der Waals surface area contributed by atoms with E-state index in [-0.39, 0.29) is 17.5 Å². The predicted molar refractivity (Wildman–Crippen MR) is 170 cm³/mol. The lowest BCUT2D eigenvalue weighted by molar-refractivity contribution is -0.148. The van der Waals surface area contributed by atoms with Crippen molar-refractivity contribution in [3.05, 3.63) is 96.8 Å². The number of nitrogens with one attached hydrogen (secondary N) is 1. The molecule has 2 N–H and O–H groups in total. The third-order valence-electron chi connectivity index (χ3n) is 8.86. The number of methoxy groups -OCH3 is 1. The number of aromatic nitrogens is 3. The number of pyridine rings is 1. The Morgan fingerprint density at radius 2 is 1.76 bits per heavy atom. The van der Waals surface area contributed by atoms with E-state index in [1.807, 2.05) is 37.3 Å². The van der Waals surface area contributed by atoms with Crippen LogP contribution >= 0.6 is 11.6 Å². The molecule has 0 spiro atoms. The SMILES string of the molecule is COc1nc(-c2cccc(-c3cccc(NC(=O)c4cn(C)c(=O)n(C)c4=O)c3C)c2Cl)cc2c1C(N1CC(C(=O)O)C1)CC2. The van der Waals surface area contributed by atoms with Crippen molar-refractivity contribution in [1.29, 1.82) is 0 Å². The fourth-order valence-corrected chi connectivity index (χ4v) is 6.64. The van der Waals surface area contributed by atoms with Crippen LogP contribution in [0.4, 0.5) is 5.69 Å². The molecule has 4 aromatic rings. The summed E-state index contributed by atoms with van der Waals surface area (Å²) >= 11 is 7.07. The molecule has 11 nitrogen and oxygen atoms in total. The number of halogens is 1. The van der Waals surface area contributed by atoms with Gasteiger partial charge in [0.25, 0.3) is 11.5 Å². The molecule has 12 heteroatoms. The molecule has 1 saturated heterocycles. The quantitative estimate of drug-likeness (QED) is 0.313. The summed E-state index contributed by atoms with van der Waals surface area (Å²) in [5.41, 5.74) is 4.89. The number of rotatable bonds is 7. The standard InChI is InChI=1S/C33H32ClN5O6/c1-17-20(7-6-10-24(17)35-29(40)23-16-37(2)33(44)38(3)31(23)41)21-8-5-9-22(28(21)34)25-13-18-11-12-26(27(18)30(36-25)45-4)39-14-19(15-39)32(42)43/h5-10,13,16,19,26H,11-12,14-15H2,1-4H3,(H,35,40)(H,42,43). The fraction of sp³-hybridized carbons (Fsp3) is 0.303. The summed E-state index contributed by atoms with van der Waals surface area (Å²) in [6.07, 6.45) is 2.91. The van der Waals surface area contributed by atoms with E-state index in [2.05, 4.69) is 10.2 Å². The average molecular weight is 630 g/mol. The molecule has 1 atom stereocenters. The molecular weight excluding hydrogens is 598 g/mol. The average Bonchev–Trinajstić information content (AvgIpc) is 3.41. The van der Waals surface area contributed by atoms with Gasteiger partial charge in [0.2, 0.25) is 5.88 Å². The van der Waals surface area contributed by atoms with Crippen molar-refractivity contribution in [3.8, 4) is 28.3 Å². The zero-order chi connectivity index (χ0) is 32.2. The predicted octanol–water partition coefficient (Wildman–Crippen LogP) is 4.04. The van der Waals surface area contributed by atoms with E-state index in [1.165, 1.54) is 24.9 Å². The van der Waals surface area contributed by atoms with Crippen LogP contribution in [0.25, 0.3) is 22.4 Å². The third-order valence-corrected chi connectivity index (χ3v) is 9.27. The van der Waals surface area contributed by atoms with Gasteiger partial charge in [-0.2, -0.15) is 0 Å². The Kier molecular flexibility index (Phi) is 7.84. The summed E-state index contributed by atoms with van der Waals surface area (Å²) in [6, 6.07) is 13.2. The molecule has 6 rings (SSSR count). The van der Waals surface area contributed by atoms with E-state index >= 15 is 0 Å². The highest BCUT2D eigenvalue weighted by atomic mass is 35.5. The van der Waals surface area contributed by atoms with Gasteiger partial charge < -0.3 is 19.7 Å². The number of carboxylic acid groups (broad SMARTS) is 1. The number of ether oxygens (including phenoxy) is 1. The molecule has 1 aliphatic carbocycles. The number of carboxylic acids is 1. The first-order chi connectivity index (χ1) is 21.5. The van der Waals surface area contributed by atoms with Crippen LogP contribution in [0.2, 0.25) is 5.02 Å². The summed E-state index contributed by atoms with van der Waals surface area (Å²) in [7, 11) is 4.39. The molecule has 1 aliphatic heterocycles. The minimum absolute atomic E-state index is 0.0652. The van der Waals surface area contributed by atoms with E-state index < -0.39 is 23.1 Å². The fourth-order valence-electron chi connectivity index (χ4n) is 6.32. The lowest BCUT2D eigenvalue weighted by Crippen LogP contribution is -2.51. The summed E-state index contributed by atoms with van der Waals surface area (Å²) in [4.78, 5) is 56.2. The first-order valence-corrected chi connectivity index (χ1v) is 14.9. The second-order valence-electron chi connectivity index (χ2n) is 11.5. The highest BCUT2D eigenvalue weighted by Crippen LogP contribution is 2.46. The van der Waals surface area contributed by atoms with Crippen molar-refractivity contribution in [2.75, 3.05) is 25.5 Å². The molecule has 232 valence electrons. The van der Waals surface area contributed by atoms with Crippen LogP contribution in [0.3, 0.4) is 0 Å². The molecule has 0 saturated carbocycles. The first-order valence-electron chi connectivity index (χ1n) is 14.5. The Labute approximate surface area is 263 Å². The second kappa shape index (κ2) is 11.6. The highest BCUT2D eigenvalue weighted by molar-refractivity contribution is 6.36. The van der Waals surface area contributed by atoms with E-state index in [9.17, 15) is 24.3 Å². The van der Waals surface area contributed by atoms with Gasteiger partial charge in [-0.3, -0.25) is 23.9 Å². The van der Waals surface area contributed by atoms with Gasteiger partial charge in [0, 0.05) is 61.8 Å². The molecular formula is C33H32ClN5O6.